The molecular weight excluding hydrogens is 198 g/mol. The number of benzene rings is 1. The molecule has 0 amide bonds. The van der Waals surface area contributed by atoms with Crippen LogP contribution in [0.2, 0.25) is 0 Å². The monoisotopic (exact) mass is 215 g/mol. The van der Waals surface area contributed by atoms with Crippen molar-refractivity contribution >= 4 is 5.82 Å². The summed E-state index contributed by atoms with van der Waals surface area (Å²) in [5.74, 6) is 1.12. The molecule has 0 aliphatic rings. The molecule has 0 atom stereocenters. The van der Waals surface area contributed by atoms with Gasteiger partial charge in [0.05, 0.1) is 0 Å². The highest BCUT2D eigenvalue weighted by atomic mass is 15.2. The molecule has 0 saturated carbocycles. The molecule has 0 radical (unpaired) electrons. The lowest BCUT2D eigenvalue weighted by atomic mass is 9.99. The van der Waals surface area contributed by atoms with Crippen molar-refractivity contribution in [3.8, 4) is 11.1 Å². The molecule has 0 aliphatic heterocycles. The summed E-state index contributed by atoms with van der Waals surface area (Å²) in [7, 11) is 0. The maximum absolute atomic E-state index is 5.83. The van der Waals surface area contributed by atoms with Crippen molar-refractivity contribution in [2.45, 2.75) is 26.7 Å². The Kier molecular flexibility index (Phi) is 2.69. The SMILES string of the molecule is Cc1[nH]nc(N)c1-c1ccc(C(C)C)cc1. The minimum Gasteiger partial charge on any atom is -0.382 e. The van der Waals surface area contributed by atoms with Gasteiger partial charge in [0.25, 0.3) is 0 Å². The zero-order valence-electron chi connectivity index (χ0n) is 9.91. The quantitative estimate of drug-likeness (QED) is 0.808. The molecule has 1 aromatic heterocycles. The number of H-pyrrole nitrogens is 1. The predicted octanol–water partition coefficient (Wildman–Crippen LogP) is 3.09. The molecule has 0 bridgehead atoms. The van der Waals surface area contributed by atoms with Crippen molar-refractivity contribution in [2.24, 2.45) is 0 Å². The van der Waals surface area contributed by atoms with Crippen molar-refractivity contribution < 1.29 is 0 Å². The van der Waals surface area contributed by atoms with Crippen molar-refractivity contribution in [2.75, 3.05) is 5.73 Å². The summed E-state index contributed by atoms with van der Waals surface area (Å²) in [6, 6.07) is 8.49. The third-order valence-corrected chi connectivity index (χ3v) is 2.84. The highest BCUT2D eigenvalue weighted by Crippen LogP contribution is 2.28. The summed E-state index contributed by atoms with van der Waals surface area (Å²) in [6.45, 7) is 6.36. The highest BCUT2D eigenvalue weighted by Gasteiger charge is 2.09. The summed E-state index contributed by atoms with van der Waals surface area (Å²) >= 11 is 0. The smallest absolute Gasteiger partial charge is 0.153 e. The van der Waals surface area contributed by atoms with E-state index in [0.717, 1.165) is 16.8 Å². The molecule has 0 fully saturated rings. The van der Waals surface area contributed by atoms with Gasteiger partial charge >= 0.3 is 0 Å². The zero-order chi connectivity index (χ0) is 11.7. The molecule has 0 unspecified atom stereocenters. The first-order chi connectivity index (χ1) is 7.59. The second-order valence-corrected chi connectivity index (χ2v) is 4.39. The zero-order valence-corrected chi connectivity index (χ0v) is 9.91. The van der Waals surface area contributed by atoms with E-state index in [1.807, 2.05) is 6.92 Å². The standard InChI is InChI=1S/C13H17N3/c1-8(2)10-4-6-11(7-5-10)12-9(3)15-16-13(12)14/h4-8H,1-3H3,(H3,14,15,16). The van der Waals surface area contributed by atoms with Gasteiger partial charge in [-0.1, -0.05) is 38.1 Å². The number of nitrogens with one attached hydrogen (secondary N) is 1. The normalized spacial score (nSPS) is 11.0. The molecule has 0 aliphatic carbocycles. The number of hydrogen-bond acceptors (Lipinski definition) is 2. The summed E-state index contributed by atoms with van der Waals surface area (Å²) < 4.78 is 0. The molecule has 0 spiro atoms. The number of nitrogen functional groups attached to an aromatic ring is 1. The molecule has 84 valence electrons. The number of aromatic amines is 1. The number of hydrogen-bond donors (Lipinski definition) is 2. The first kappa shape index (κ1) is 10.7. The molecule has 1 aromatic carbocycles. The van der Waals surface area contributed by atoms with Gasteiger partial charge in [-0.25, -0.2) is 0 Å². The minimum atomic E-state index is 0.553. The fraction of sp³-hybridized carbons (Fsp3) is 0.308. The topological polar surface area (TPSA) is 54.7 Å². The van der Waals surface area contributed by atoms with Crippen LogP contribution in [0, 0.1) is 6.92 Å². The minimum absolute atomic E-state index is 0.553. The van der Waals surface area contributed by atoms with E-state index < -0.39 is 0 Å². The van der Waals surface area contributed by atoms with Gasteiger partial charge in [0.15, 0.2) is 5.82 Å². The second kappa shape index (κ2) is 4.00. The van der Waals surface area contributed by atoms with E-state index in [9.17, 15) is 0 Å². The van der Waals surface area contributed by atoms with Crippen LogP contribution in [-0.2, 0) is 0 Å². The Morgan fingerprint density at radius 3 is 2.25 bits per heavy atom. The van der Waals surface area contributed by atoms with Crippen LogP contribution in [0.3, 0.4) is 0 Å². The fourth-order valence-corrected chi connectivity index (χ4v) is 1.85. The van der Waals surface area contributed by atoms with Crippen LogP contribution >= 0.6 is 0 Å². The van der Waals surface area contributed by atoms with E-state index >= 15 is 0 Å². The highest BCUT2D eigenvalue weighted by molar-refractivity contribution is 5.76. The summed E-state index contributed by atoms with van der Waals surface area (Å²) in [4.78, 5) is 0. The van der Waals surface area contributed by atoms with E-state index in [1.54, 1.807) is 0 Å². The van der Waals surface area contributed by atoms with E-state index in [4.69, 9.17) is 5.73 Å². The summed E-state index contributed by atoms with van der Waals surface area (Å²) in [5, 5.41) is 6.90. The summed E-state index contributed by atoms with van der Waals surface area (Å²) in [6.07, 6.45) is 0. The van der Waals surface area contributed by atoms with E-state index in [2.05, 4.69) is 48.3 Å². The molecule has 1 heterocycles. The van der Waals surface area contributed by atoms with Gasteiger partial charge in [0.2, 0.25) is 0 Å². The molecule has 16 heavy (non-hydrogen) atoms. The molecule has 3 heteroatoms. The Labute approximate surface area is 95.7 Å². The first-order valence-electron chi connectivity index (χ1n) is 5.50. The maximum atomic E-state index is 5.83. The van der Waals surface area contributed by atoms with Crippen molar-refractivity contribution in [3.63, 3.8) is 0 Å². The van der Waals surface area contributed by atoms with Gasteiger partial charge in [-0.3, -0.25) is 5.10 Å². The molecule has 2 aromatic rings. The van der Waals surface area contributed by atoms with E-state index in [0.29, 0.717) is 11.7 Å². The van der Waals surface area contributed by atoms with Gasteiger partial charge < -0.3 is 5.73 Å². The number of rotatable bonds is 2. The Bertz CT molecular complexity index is 461. The van der Waals surface area contributed by atoms with Crippen LogP contribution in [0.5, 0.6) is 0 Å². The number of nitrogens with zero attached hydrogens (tertiary/aromatic N) is 1. The lowest BCUT2D eigenvalue weighted by molar-refractivity contribution is 0.867. The average Bonchev–Trinajstić information content (AvgIpc) is 2.59. The van der Waals surface area contributed by atoms with Crippen LogP contribution in [0.4, 0.5) is 5.82 Å². The Morgan fingerprint density at radius 1 is 1.19 bits per heavy atom. The molecule has 3 nitrogen and oxygen atoms in total. The van der Waals surface area contributed by atoms with Gasteiger partial charge in [0, 0.05) is 11.3 Å². The molecule has 3 N–H and O–H groups in total. The van der Waals surface area contributed by atoms with Crippen molar-refractivity contribution in [1.82, 2.24) is 10.2 Å². The van der Waals surface area contributed by atoms with Gasteiger partial charge in [-0.2, -0.15) is 5.10 Å². The molecular formula is C13H17N3. The van der Waals surface area contributed by atoms with Crippen LogP contribution in [0.25, 0.3) is 11.1 Å². The lowest BCUT2D eigenvalue weighted by Crippen LogP contribution is -1.90. The van der Waals surface area contributed by atoms with E-state index in [-0.39, 0.29) is 0 Å². The largest absolute Gasteiger partial charge is 0.382 e. The van der Waals surface area contributed by atoms with Crippen molar-refractivity contribution in [3.05, 3.63) is 35.5 Å². The van der Waals surface area contributed by atoms with Gasteiger partial charge in [-0.15, -0.1) is 0 Å². The van der Waals surface area contributed by atoms with Crippen LogP contribution in [0.1, 0.15) is 31.0 Å². The van der Waals surface area contributed by atoms with Crippen LogP contribution in [-0.4, -0.2) is 10.2 Å². The first-order valence-corrected chi connectivity index (χ1v) is 5.50. The second-order valence-electron chi connectivity index (χ2n) is 4.39. The fourth-order valence-electron chi connectivity index (χ4n) is 1.85. The Hall–Kier alpha value is -1.77. The average molecular weight is 215 g/mol. The number of anilines is 1. The third-order valence-electron chi connectivity index (χ3n) is 2.84. The van der Waals surface area contributed by atoms with Crippen molar-refractivity contribution in [1.29, 1.82) is 0 Å². The predicted molar refractivity (Wildman–Crippen MR) is 67.3 cm³/mol. The number of aromatic nitrogens is 2. The Balaban J connectivity index is 2.42. The number of nitrogens with two attached hydrogens (primary N) is 1. The Morgan fingerprint density at radius 2 is 1.81 bits per heavy atom. The molecule has 0 saturated heterocycles. The molecule has 2 rings (SSSR count). The third kappa shape index (κ3) is 1.81. The van der Waals surface area contributed by atoms with Crippen LogP contribution in [0.15, 0.2) is 24.3 Å². The lowest BCUT2D eigenvalue weighted by Gasteiger charge is -2.06. The maximum Gasteiger partial charge on any atom is 0.153 e. The van der Waals surface area contributed by atoms with Gasteiger partial charge in [-0.05, 0) is 24.0 Å². The number of aryl methyl sites for hydroxylation is 1. The van der Waals surface area contributed by atoms with Crippen LogP contribution < -0.4 is 5.73 Å². The van der Waals surface area contributed by atoms with Gasteiger partial charge in [0.1, 0.15) is 0 Å². The summed E-state index contributed by atoms with van der Waals surface area (Å²) in [5.41, 5.74) is 10.3. The van der Waals surface area contributed by atoms with E-state index in [1.165, 1.54) is 5.56 Å².